The van der Waals surface area contributed by atoms with Crippen molar-refractivity contribution in [1.29, 1.82) is 0 Å². The number of ether oxygens (including phenoxy) is 2. The standard InChI is InChI=1S/C12H16BrO6P/c1-3-18-20(15,19-4-2)12(14)8-5-10-11(6-9(8)13)17-7-16-10/h5-6,12,14H,3-4,7H2,1-2H3. The second kappa shape index (κ2) is 6.45. The van der Waals surface area contributed by atoms with Gasteiger partial charge in [0, 0.05) is 10.0 Å². The molecule has 112 valence electrons. The van der Waals surface area contributed by atoms with Crippen molar-refractivity contribution in [2.75, 3.05) is 20.0 Å². The van der Waals surface area contributed by atoms with Crippen molar-refractivity contribution in [2.24, 2.45) is 0 Å². The van der Waals surface area contributed by atoms with E-state index in [2.05, 4.69) is 15.9 Å². The molecule has 8 heteroatoms. The molecule has 1 heterocycles. The lowest BCUT2D eigenvalue weighted by molar-refractivity contribution is 0.149. The zero-order valence-corrected chi connectivity index (χ0v) is 13.6. The number of hydrogen-bond donors (Lipinski definition) is 1. The fraction of sp³-hybridized carbons (Fsp3) is 0.500. The molecule has 0 aliphatic carbocycles. The molecule has 0 saturated carbocycles. The summed E-state index contributed by atoms with van der Waals surface area (Å²) in [6.45, 7) is 3.85. The van der Waals surface area contributed by atoms with Crippen LogP contribution in [0.2, 0.25) is 0 Å². The van der Waals surface area contributed by atoms with Gasteiger partial charge >= 0.3 is 7.60 Å². The van der Waals surface area contributed by atoms with E-state index in [1.165, 1.54) is 0 Å². The normalized spacial score (nSPS) is 15.4. The van der Waals surface area contributed by atoms with Gasteiger partial charge in [0.25, 0.3) is 0 Å². The lowest BCUT2D eigenvalue weighted by Crippen LogP contribution is -2.07. The minimum absolute atomic E-state index is 0.121. The molecule has 1 unspecified atom stereocenters. The lowest BCUT2D eigenvalue weighted by Gasteiger charge is -2.23. The van der Waals surface area contributed by atoms with Crippen molar-refractivity contribution in [3.63, 3.8) is 0 Å². The fourth-order valence-corrected chi connectivity index (χ4v) is 4.19. The molecule has 0 amide bonds. The molecular formula is C12H16BrO6P. The van der Waals surface area contributed by atoms with Gasteiger partial charge in [0.2, 0.25) is 6.79 Å². The molecule has 0 bridgehead atoms. The van der Waals surface area contributed by atoms with Crippen molar-refractivity contribution in [3.05, 3.63) is 22.2 Å². The van der Waals surface area contributed by atoms with Crippen molar-refractivity contribution in [2.45, 2.75) is 19.7 Å². The maximum Gasteiger partial charge on any atom is 0.363 e. The highest BCUT2D eigenvalue weighted by atomic mass is 79.9. The number of rotatable bonds is 6. The van der Waals surface area contributed by atoms with Crippen LogP contribution in [0.15, 0.2) is 16.6 Å². The molecule has 1 aliphatic rings. The Balaban J connectivity index is 2.36. The average molecular weight is 367 g/mol. The Morgan fingerprint density at radius 3 is 2.40 bits per heavy atom. The smallest absolute Gasteiger partial charge is 0.363 e. The molecule has 0 spiro atoms. The van der Waals surface area contributed by atoms with Crippen molar-refractivity contribution in [3.8, 4) is 11.5 Å². The molecule has 0 fully saturated rings. The van der Waals surface area contributed by atoms with Crippen molar-refractivity contribution < 1.29 is 28.2 Å². The molecular weight excluding hydrogens is 351 g/mol. The van der Waals surface area contributed by atoms with E-state index >= 15 is 0 Å². The van der Waals surface area contributed by atoms with Crippen LogP contribution in [0.1, 0.15) is 25.3 Å². The molecule has 1 N–H and O–H groups in total. The van der Waals surface area contributed by atoms with Crippen LogP contribution >= 0.6 is 23.5 Å². The number of aliphatic hydroxyl groups is 1. The second-order valence-corrected chi connectivity index (χ2v) is 6.92. The summed E-state index contributed by atoms with van der Waals surface area (Å²) in [7, 11) is -3.66. The summed E-state index contributed by atoms with van der Waals surface area (Å²) >= 11 is 3.32. The Hall–Kier alpha value is -0.590. The molecule has 1 aromatic rings. The molecule has 1 aromatic carbocycles. The van der Waals surface area contributed by atoms with Gasteiger partial charge in [-0.25, -0.2) is 0 Å². The molecule has 1 aliphatic heterocycles. The Morgan fingerprint density at radius 2 is 1.85 bits per heavy atom. The van der Waals surface area contributed by atoms with Gasteiger partial charge in [-0.3, -0.25) is 4.57 Å². The highest BCUT2D eigenvalue weighted by molar-refractivity contribution is 9.10. The third kappa shape index (κ3) is 3.02. The maximum atomic E-state index is 12.6. The quantitative estimate of drug-likeness (QED) is 0.777. The highest BCUT2D eigenvalue weighted by Crippen LogP contribution is 2.61. The van der Waals surface area contributed by atoms with E-state index in [1.54, 1.807) is 26.0 Å². The summed E-state index contributed by atoms with van der Waals surface area (Å²) in [5.74, 6) is -0.344. The molecule has 0 radical (unpaired) electrons. The third-order valence-corrected chi connectivity index (χ3v) is 5.49. The predicted octanol–water partition coefficient (Wildman–Crippen LogP) is 3.43. The van der Waals surface area contributed by atoms with Crippen LogP contribution in [0.4, 0.5) is 0 Å². The zero-order valence-electron chi connectivity index (χ0n) is 11.2. The third-order valence-electron chi connectivity index (χ3n) is 2.69. The topological polar surface area (TPSA) is 74.2 Å². The van der Waals surface area contributed by atoms with Gasteiger partial charge in [-0.1, -0.05) is 15.9 Å². The molecule has 20 heavy (non-hydrogen) atoms. The lowest BCUT2D eigenvalue weighted by atomic mass is 10.2. The van der Waals surface area contributed by atoms with E-state index < -0.39 is 13.4 Å². The van der Waals surface area contributed by atoms with Crippen LogP contribution < -0.4 is 9.47 Å². The minimum atomic E-state index is -3.66. The summed E-state index contributed by atoms with van der Waals surface area (Å²) in [5, 5.41) is 10.4. The van der Waals surface area contributed by atoms with E-state index in [4.69, 9.17) is 18.5 Å². The fourth-order valence-electron chi connectivity index (χ4n) is 1.84. The molecule has 6 nitrogen and oxygen atoms in total. The summed E-state index contributed by atoms with van der Waals surface area (Å²) < 4.78 is 33.9. The van der Waals surface area contributed by atoms with Crippen LogP contribution in [0.25, 0.3) is 0 Å². The second-order valence-electron chi connectivity index (χ2n) is 3.98. The Morgan fingerprint density at radius 1 is 1.30 bits per heavy atom. The van der Waals surface area contributed by atoms with Gasteiger partial charge in [0.15, 0.2) is 17.3 Å². The number of aliphatic hydroxyl groups excluding tert-OH is 1. The first-order valence-corrected chi connectivity index (χ1v) is 8.58. The van der Waals surface area contributed by atoms with Crippen LogP contribution in [0.5, 0.6) is 11.5 Å². The minimum Gasteiger partial charge on any atom is -0.454 e. The maximum absolute atomic E-state index is 12.6. The Labute approximate surface area is 125 Å². The Kier molecular flexibility index (Phi) is 5.09. The number of benzene rings is 1. The molecule has 1 atom stereocenters. The summed E-state index contributed by atoms with van der Waals surface area (Å²) in [6, 6.07) is 3.23. The molecule has 0 saturated heterocycles. The first kappa shape index (κ1) is 15.8. The van der Waals surface area contributed by atoms with Crippen LogP contribution in [-0.2, 0) is 13.6 Å². The van der Waals surface area contributed by atoms with Crippen molar-refractivity contribution >= 4 is 23.5 Å². The largest absolute Gasteiger partial charge is 0.454 e. The summed E-state index contributed by atoms with van der Waals surface area (Å²) in [6.07, 6.45) is 0. The predicted molar refractivity (Wildman–Crippen MR) is 76.1 cm³/mol. The SMILES string of the molecule is CCOP(=O)(OCC)C(O)c1cc2c(cc1Br)OCO2. The highest BCUT2D eigenvalue weighted by Gasteiger charge is 2.37. The van der Waals surface area contributed by atoms with E-state index in [-0.39, 0.29) is 20.0 Å². The first-order chi connectivity index (χ1) is 9.51. The number of halogens is 1. The zero-order chi connectivity index (χ0) is 14.8. The molecule has 0 aromatic heterocycles. The van der Waals surface area contributed by atoms with Gasteiger partial charge in [-0.15, -0.1) is 0 Å². The van der Waals surface area contributed by atoms with E-state index in [9.17, 15) is 9.67 Å². The summed E-state index contributed by atoms with van der Waals surface area (Å²) in [4.78, 5) is 0. The van der Waals surface area contributed by atoms with E-state index in [0.717, 1.165) is 0 Å². The van der Waals surface area contributed by atoms with Crippen LogP contribution in [0, 0.1) is 0 Å². The first-order valence-electron chi connectivity index (χ1n) is 6.17. The number of fused-ring (bicyclic) bond motifs is 1. The van der Waals surface area contributed by atoms with Gasteiger partial charge < -0.3 is 23.6 Å². The summed E-state index contributed by atoms with van der Waals surface area (Å²) in [5.41, 5.74) is 0.375. The van der Waals surface area contributed by atoms with Crippen LogP contribution in [-0.4, -0.2) is 25.1 Å². The van der Waals surface area contributed by atoms with E-state index in [0.29, 0.717) is 21.5 Å². The van der Waals surface area contributed by atoms with Crippen molar-refractivity contribution in [1.82, 2.24) is 0 Å². The molecule has 2 rings (SSSR count). The van der Waals surface area contributed by atoms with Gasteiger partial charge in [0.05, 0.1) is 13.2 Å². The van der Waals surface area contributed by atoms with Gasteiger partial charge in [0.1, 0.15) is 0 Å². The monoisotopic (exact) mass is 366 g/mol. The van der Waals surface area contributed by atoms with Gasteiger partial charge in [-0.2, -0.15) is 0 Å². The number of hydrogen-bond acceptors (Lipinski definition) is 6. The van der Waals surface area contributed by atoms with Crippen LogP contribution in [0.3, 0.4) is 0 Å². The van der Waals surface area contributed by atoms with E-state index in [1.807, 2.05) is 0 Å². The van der Waals surface area contributed by atoms with Gasteiger partial charge in [-0.05, 0) is 26.0 Å². The Bertz CT molecular complexity index is 525. The average Bonchev–Trinajstić information content (AvgIpc) is 2.84.